The lowest BCUT2D eigenvalue weighted by atomic mass is 10.2. The van der Waals surface area contributed by atoms with E-state index in [1.165, 1.54) is 0 Å². The summed E-state index contributed by atoms with van der Waals surface area (Å²) >= 11 is 11.7. The molecule has 0 aliphatic rings. The Labute approximate surface area is 101 Å². The highest BCUT2D eigenvalue weighted by molar-refractivity contribution is 6.30. The zero-order valence-electron chi connectivity index (χ0n) is 8.89. The first-order chi connectivity index (χ1) is 7.13. The average molecular weight is 248 g/mol. The van der Waals surface area contributed by atoms with Crippen LogP contribution >= 0.6 is 23.2 Å². The van der Waals surface area contributed by atoms with Crippen molar-refractivity contribution >= 4 is 23.2 Å². The smallest absolute Gasteiger partial charge is 0.123 e. The molecule has 0 fully saturated rings. The lowest BCUT2D eigenvalue weighted by molar-refractivity contribution is 0.408. The molecular weight excluding hydrogens is 233 g/mol. The number of benzene rings is 1. The number of nitrogens with one attached hydrogen (secondary N) is 1. The van der Waals surface area contributed by atoms with E-state index in [0.717, 1.165) is 17.9 Å². The van der Waals surface area contributed by atoms with Crippen LogP contribution in [0.25, 0.3) is 0 Å². The van der Waals surface area contributed by atoms with Gasteiger partial charge in [-0.1, -0.05) is 11.6 Å². The molecule has 0 aliphatic carbocycles. The summed E-state index contributed by atoms with van der Waals surface area (Å²) in [4.78, 5) is 0. The third-order valence-corrected chi connectivity index (χ3v) is 2.37. The number of hydrogen-bond donors (Lipinski definition) is 1. The summed E-state index contributed by atoms with van der Waals surface area (Å²) in [6, 6.07) is 5.57. The Kier molecular flexibility index (Phi) is 5.23. The molecule has 0 aromatic heterocycles. The van der Waals surface area contributed by atoms with Crippen LogP contribution in [0.1, 0.15) is 12.5 Å². The van der Waals surface area contributed by atoms with Gasteiger partial charge in [0.05, 0.1) is 7.11 Å². The Bertz CT molecular complexity index is 315. The predicted octanol–water partition coefficient (Wildman–Crippen LogP) is 3.07. The van der Waals surface area contributed by atoms with Crippen LogP contribution in [-0.4, -0.2) is 19.0 Å². The van der Waals surface area contributed by atoms with Crippen molar-refractivity contribution in [2.24, 2.45) is 0 Å². The molecule has 0 saturated carbocycles. The molecule has 1 aromatic carbocycles. The van der Waals surface area contributed by atoms with E-state index >= 15 is 0 Å². The Morgan fingerprint density at radius 3 is 2.80 bits per heavy atom. The Morgan fingerprint density at radius 2 is 2.20 bits per heavy atom. The number of halogens is 2. The van der Waals surface area contributed by atoms with Crippen LogP contribution in [-0.2, 0) is 6.54 Å². The summed E-state index contributed by atoms with van der Waals surface area (Å²) in [7, 11) is 1.65. The van der Waals surface area contributed by atoms with Crippen molar-refractivity contribution in [2.75, 3.05) is 13.7 Å². The number of methoxy groups -OCH3 is 1. The predicted molar refractivity (Wildman–Crippen MR) is 65.0 cm³/mol. The van der Waals surface area contributed by atoms with E-state index in [0.29, 0.717) is 11.6 Å². The van der Waals surface area contributed by atoms with Gasteiger partial charge in [-0.2, -0.15) is 0 Å². The second kappa shape index (κ2) is 6.21. The van der Waals surface area contributed by atoms with E-state index in [-0.39, 0.29) is 5.38 Å². The second-order valence-corrected chi connectivity index (χ2v) is 4.55. The molecule has 84 valence electrons. The molecule has 4 heteroatoms. The molecule has 0 aliphatic heterocycles. The minimum absolute atomic E-state index is 0.121. The molecule has 1 atom stereocenters. The fraction of sp³-hybridized carbons (Fsp3) is 0.455. The maximum absolute atomic E-state index is 5.91. The van der Waals surface area contributed by atoms with Gasteiger partial charge in [0.25, 0.3) is 0 Å². The van der Waals surface area contributed by atoms with Gasteiger partial charge in [0.15, 0.2) is 0 Å². The zero-order valence-corrected chi connectivity index (χ0v) is 10.4. The molecule has 1 N–H and O–H groups in total. The summed E-state index contributed by atoms with van der Waals surface area (Å²) in [6.45, 7) is 3.42. The third-order valence-electron chi connectivity index (χ3n) is 1.98. The van der Waals surface area contributed by atoms with E-state index in [4.69, 9.17) is 27.9 Å². The normalized spacial score (nSPS) is 12.5. The fourth-order valence-electron chi connectivity index (χ4n) is 1.29. The van der Waals surface area contributed by atoms with E-state index in [1.807, 2.05) is 25.1 Å². The van der Waals surface area contributed by atoms with Crippen molar-refractivity contribution in [3.05, 3.63) is 28.8 Å². The van der Waals surface area contributed by atoms with Gasteiger partial charge in [-0.25, -0.2) is 0 Å². The van der Waals surface area contributed by atoms with Gasteiger partial charge in [-0.15, -0.1) is 11.6 Å². The average Bonchev–Trinajstić information content (AvgIpc) is 2.17. The molecule has 0 radical (unpaired) electrons. The Hall–Kier alpha value is -0.440. The summed E-state index contributed by atoms with van der Waals surface area (Å²) in [5.41, 5.74) is 1.04. The molecule has 0 bridgehead atoms. The number of ether oxygens (including phenoxy) is 1. The van der Waals surface area contributed by atoms with E-state index < -0.39 is 0 Å². The SMILES string of the molecule is COc1ccc(Cl)cc1CNCC(C)Cl. The zero-order chi connectivity index (χ0) is 11.3. The molecule has 0 amide bonds. The first-order valence-corrected chi connectivity index (χ1v) is 5.62. The van der Waals surface area contributed by atoms with Gasteiger partial charge in [0, 0.05) is 29.1 Å². The van der Waals surface area contributed by atoms with Crippen LogP contribution in [0.3, 0.4) is 0 Å². The van der Waals surface area contributed by atoms with E-state index in [1.54, 1.807) is 7.11 Å². The molecular formula is C11H15Cl2NO. The number of hydrogen-bond acceptors (Lipinski definition) is 2. The van der Waals surface area contributed by atoms with Crippen LogP contribution in [0.5, 0.6) is 5.75 Å². The highest BCUT2D eigenvalue weighted by atomic mass is 35.5. The van der Waals surface area contributed by atoms with Crippen molar-refractivity contribution in [3.8, 4) is 5.75 Å². The maximum atomic E-state index is 5.91. The standard InChI is InChI=1S/C11H15Cl2NO/c1-8(12)6-14-7-9-5-10(13)3-4-11(9)15-2/h3-5,8,14H,6-7H2,1-2H3. The molecule has 0 spiro atoms. The van der Waals surface area contributed by atoms with Gasteiger partial charge in [-0.05, 0) is 25.1 Å². The highest BCUT2D eigenvalue weighted by Crippen LogP contribution is 2.22. The van der Waals surface area contributed by atoms with Gasteiger partial charge in [0.2, 0.25) is 0 Å². The molecule has 2 nitrogen and oxygen atoms in total. The molecule has 1 unspecified atom stereocenters. The highest BCUT2D eigenvalue weighted by Gasteiger charge is 2.04. The van der Waals surface area contributed by atoms with Gasteiger partial charge in [0.1, 0.15) is 5.75 Å². The van der Waals surface area contributed by atoms with Crippen molar-refractivity contribution < 1.29 is 4.74 Å². The summed E-state index contributed by atoms with van der Waals surface area (Å²) in [5, 5.41) is 4.07. The van der Waals surface area contributed by atoms with E-state index in [9.17, 15) is 0 Å². The largest absolute Gasteiger partial charge is 0.496 e. The van der Waals surface area contributed by atoms with Crippen LogP contribution in [0, 0.1) is 0 Å². The molecule has 15 heavy (non-hydrogen) atoms. The van der Waals surface area contributed by atoms with Crippen molar-refractivity contribution in [1.82, 2.24) is 5.32 Å². The topological polar surface area (TPSA) is 21.3 Å². The third kappa shape index (κ3) is 4.29. The first kappa shape index (κ1) is 12.6. The first-order valence-electron chi connectivity index (χ1n) is 4.80. The lowest BCUT2D eigenvalue weighted by Crippen LogP contribution is -2.21. The summed E-state index contributed by atoms with van der Waals surface area (Å²) in [5.74, 6) is 0.842. The van der Waals surface area contributed by atoms with Crippen LogP contribution in [0.15, 0.2) is 18.2 Å². The number of rotatable bonds is 5. The monoisotopic (exact) mass is 247 g/mol. The van der Waals surface area contributed by atoms with E-state index in [2.05, 4.69) is 5.32 Å². The van der Waals surface area contributed by atoms with Crippen molar-refractivity contribution in [3.63, 3.8) is 0 Å². The maximum Gasteiger partial charge on any atom is 0.123 e. The van der Waals surface area contributed by atoms with Crippen molar-refractivity contribution in [1.29, 1.82) is 0 Å². The quantitative estimate of drug-likeness (QED) is 0.808. The minimum Gasteiger partial charge on any atom is -0.496 e. The Morgan fingerprint density at radius 1 is 1.47 bits per heavy atom. The second-order valence-electron chi connectivity index (χ2n) is 3.37. The van der Waals surface area contributed by atoms with Gasteiger partial charge >= 0.3 is 0 Å². The van der Waals surface area contributed by atoms with Gasteiger partial charge < -0.3 is 10.1 Å². The van der Waals surface area contributed by atoms with Gasteiger partial charge in [-0.3, -0.25) is 0 Å². The minimum atomic E-state index is 0.121. The van der Waals surface area contributed by atoms with Crippen LogP contribution in [0.4, 0.5) is 0 Å². The lowest BCUT2D eigenvalue weighted by Gasteiger charge is -2.10. The van der Waals surface area contributed by atoms with Crippen LogP contribution < -0.4 is 10.1 Å². The molecule has 0 heterocycles. The fourth-order valence-corrected chi connectivity index (χ4v) is 1.59. The molecule has 1 rings (SSSR count). The Balaban J connectivity index is 2.62. The summed E-state index contributed by atoms with van der Waals surface area (Å²) in [6.07, 6.45) is 0. The van der Waals surface area contributed by atoms with Crippen molar-refractivity contribution in [2.45, 2.75) is 18.8 Å². The number of alkyl halides is 1. The molecule has 1 aromatic rings. The summed E-state index contributed by atoms with van der Waals surface area (Å²) < 4.78 is 5.23. The molecule has 0 saturated heterocycles. The van der Waals surface area contributed by atoms with Crippen LogP contribution in [0.2, 0.25) is 5.02 Å².